The predicted molar refractivity (Wildman–Crippen MR) is 78.8 cm³/mol. The molecule has 1 aromatic rings. The van der Waals surface area contributed by atoms with E-state index in [4.69, 9.17) is 4.74 Å². The number of hydrogen-bond acceptors (Lipinski definition) is 5. The number of anilines is 1. The van der Waals surface area contributed by atoms with Gasteiger partial charge in [0.1, 0.15) is 0 Å². The molecule has 0 spiro atoms. The van der Waals surface area contributed by atoms with E-state index in [0.717, 1.165) is 6.42 Å². The summed E-state index contributed by atoms with van der Waals surface area (Å²) in [6.07, 6.45) is 1.23. The first kappa shape index (κ1) is 16.6. The van der Waals surface area contributed by atoms with Crippen LogP contribution in [0.15, 0.2) is 5.38 Å². The van der Waals surface area contributed by atoms with Gasteiger partial charge in [0.25, 0.3) is 0 Å². The van der Waals surface area contributed by atoms with E-state index in [0.29, 0.717) is 24.0 Å². The monoisotopic (exact) mass is 299 g/mol. The first-order valence-electron chi connectivity index (χ1n) is 6.57. The maximum atomic E-state index is 11.7. The standard InChI is InChI=1S/C13H21N3O3S/c1-9(2)19-6-4-5-14-12(18)7-11-8-20-13(16-11)15-10(3)17/h8-9H,4-7H2,1-3H3,(H,14,18)(H,15,16,17). The molecular weight excluding hydrogens is 278 g/mol. The van der Waals surface area contributed by atoms with Crippen molar-refractivity contribution >= 4 is 28.3 Å². The molecule has 0 aliphatic carbocycles. The SMILES string of the molecule is CC(=O)Nc1nc(CC(=O)NCCCOC(C)C)cs1. The summed E-state index contributed by atoms with van der Waals surface area (Å²) in [5, 5.41) is 7.69. The van der Waals surface area contributed by atoms with Gasteiger partial charge in [-0.1, -0.05) is 0 Å². The molecule has 0 saturated carbocycles. The Kier molecular flexibility index (Phi) is 7.17. The molecule has 0 aromatic carbocycles. The molecule has 1 aromatic heterocycles. The molecule has 112 valence electrons. The Balaban J connectivity index is 2.21. The van der Waals surface area contributed by atoms with Gasteiger partial charge in [-0.2, -0.15) is 0 Å². The van der Waals surface area contributed by atoms with Gasteiger partial charge in [0, 0.05) is 25.5 Å². The maximum absolute atomic E-state index is 11.7. The highest BCUT2D eigenvalue weighted by Gasteiger charge is 2.08. The second-order valence-electron chi connectivity index (χ2n) is 4.63. The van der Waals surface area contributed by atoms with E-state index >= 15 is 0 Å². The minimum absolute atomic E-state index is 0.0748. The fraction of sp³-hybridized carbons (Fsp3) is 0.615. The summed E-state index contributed by atoms with van der Waals surface area (Å²) in [4.78, 5) is 26.7. The van der Waals surface area contributed by atoms with Crippen LogP contribution in [0.5, 0.6) is 0 Å². The van der Waals surface area contributed by atoms with Crippen LogP contribution < -0.4 is 10.6 Å². The number of amides is 2. The minimum atomic E-state index is -0.166. The lowest BCUT2D eigenvalue weighted by Crippen LogP contribution is -2.27. The van der Waals surface area contributed by atoms with Crippen LogP contribution in [-0.2, 0) is 20.7 Å². The molecule has 1 heterocycles. The summed E-state index contributed by atoms with van der Waals surface area (Å²) in [5.74, 6) is -0.241. The van der Waals surface area contributed by atoms with E-state index in [1.807, 2.05) is 13.8 Å². The van der Waals surface area contributed by atoms with Crippen molar-refractivity contribution in [2.45, 2.75) is 39.7 Å². The molecule has 0 unspecified atom stereocenters. The van der Waals surface area contributed by atoms with Crippen LogP contribution in [0, 0.1) is 0 Å². The van der Waals surface area contributed by atoms with Crippen molar-refractivity contribution in [3.05, 3.63) is 11.1 Å². The highest BCUT2D eigenvalue weighted by molar-refractivity contribution is 7.13. The Bertz CT molecular complexity index is 446. The van der Waals surface area contributed by atoms with E-state index < -0.39 is 0 Å². The van der Waals surface area contributed by atoms with Crippen molar-refractivity contribution < 1.29 is 14.3 Å². The van der Waals surface area contributed by atoms with Gasteiger partial charge < -0.3 is 15.4 Å². The molecule has 0 bridgehead atoms. The molecule has 7 heteroatoms. The average Bonchev–Trinajstić information content (AvgIpc) is 2.74. The lowest BCUT2D eigenvalue weighted by Gasteiger charge is -2.07. The number of ether oxygens (including phenoxy) is 1. The lowest BCUT2D eigenvalue weighted by molar-refractivity contribution is -0.120. The number of carbonyl (C=O) groups is 2. The van der Waals surface area contributed by atoms with E-state index in [9.17, 15) is 9.59 Å². The molecule has 0 aliphatic heterocycles. The Hall–Kier alpha value is -1.47. The topological polar surface area (TPSA) is 80.3 Å². The van der Waals surface area contributed by atoms with E-state index in [1.165, 1.54) is 18.3 Å². The number of rotatable bonds is 8. The summed E-state index contributed by atoms with van der Waals surface area (Å²) >= 11 is 1.31. The normalized spacial score (nSPS) is 10.6. The predicted octanol–water partition coefficient (Wildman–Crippen LogP) is 1.58. The van der Waals surface area contributed by atoms with Gasteiger partial charge in [-0.15, -0.1) is 11.3 Å². The van der Waals surface area contributed by atoms with Crippen molar-refractivity contribution in [3.8, 4) is 0 Å². The van der Waals surface area contributed by atoms with Gasteiger partial charge in [-0.05, 0) is 20.3 Å². The number of nitrogens with zero attached hydrogens (tertiary/aromatic N) is 1. The zero-order valence-electron chi connectivity index (χ0n) is 12.1. The van der Waals surface area contributed by atoms with Crippen LogP contribution in [-0.4, -0.2) is 36.1 Å². The third-order valence-corrected chi connectivity index (χ3v) is 3.08. The van der Waals surface area contributed by atoms with Crippen molar-refractivity contribution in [2.75, 3.05) is 18.5 Å². The molecule has 2 N–H and O–H groups in total. The fourth-order valence-electron chi connectivity index (χ4n) is 1.44. The van der Waals surface area contributed by atoms with E-state index in [-0.39, 0.29) is 24.3 Å². The van der Waals surface area contributed by atoms with Crippen LogP contribution in [0.4, 0.5) is 5.13 Å². The third kappa shape index (κ3) is 7.20. The van der Waals surface area contributed by atoms with Gasteiger partial charge >= 0.3 is 0 Å². The third-order valence-electron chi connectivity index (χ3n) is 2.27. The summed E-state index contributed by atoms with van der Waals surface area (Å²) in [5.41, 5.74) is 0.662. The maximum Gasteiger partial charge on any atom is 0.226 e. The number of thiazole rings is 1. The van der Waals surface area contributed by atoms with Crippen LogP contribution in [0.25, 0.3) is 0 Å². The molecule has 2 amide bonds. The van der Waals surface area contributed by atoms with Crippen LogP contribution in [0.3, 0.4) is 0 Å². The van der Waals surface area contributed by atoms with Crippen LogP contribution in [0.2, 0.25) is 0 Å². The number of aromatic nitrogens is 1. The van der Waals surface area contributed by atoms with Crippen LogP contribution in [0.1, 0.15) is 32.9 Å². The summed E-state index contributed by atoms with van der Waals surface area (Å²) in [7, 11) is 0. The summed E-state index contributed by atoms with van der Waals surface area (Å²) < 4.78 is 5.38. The highest BCUT2D eigenvalue weighted by atomic mass is 32.1. The average molecular weight is 299 g/mol. The molecule has 0 saturated heterocycles. The smallest absolute Gasteiger partial charge is 0.226 e. The zero-order valence-corrected chi connectivity index (χ0v) is 12.9. The van der Waals surface area contributed by atoms with Crippen molar-refractivity contribution in [1.29, 1.82) is 0 Å². The van der Waals surface area contributed by atoms with E-state index in [2.05, 4.69) is 15.6 Å². The summed E-state index contributed by atoms with van der Waals surface area (Å²) in [6, 6.07) is 0. The second-order valence-corrected chi connectivity index (χ2v) is 5.48. The van der Waals surface area contributed by atoms with Gasteiger partial charge in [-0.25, -0.2) is 4.98 Å². The Morgan fingerprint density at radius 1 is 1.45 bits per heavy atom. The van der Waals surface area contributed by atoms with Crippen molar-refractivity contribution in [3.63, 3.8) is 0 Å². The number of nitrogens with one attached hydrogen (secondary N) is 2. The minimum Gasteiger partial charge on any atom is -0.379 e. The molecule has 0 fully saturated rings. The number of hydrogen-bond donors (Lipinski definition) is 2. The molecule has 1 rings (SSSR count). The van der Waals surface area contributed by atoms with Gasteiger partial charge in [-0.3, -0.25) is 9.59 Å². The zero-order chi connectivity index (χ0) is 15.0. The highest BCUT2D eigenvalue weighted by Crippen LogP contribution is 2.15. The Morgan fingerprint density at radius 3 is 2.85 bits per heavy atom. The van der Waals surface area contributed by atoms with Gasteiger partial charge in [0.2, 0.25) is 11.8 Å². The first-order valence-corrected chi connectivity index (χ1v) is 7.45. The Morgan fingerprint density at radius 2 is 2.20 bits per heavy atom. The van der Waals surface area contributed by atoms with Crippen molar-refractivity contribution in [1.82, 2.24) is 10.3 Å². The first-order chi connectivity index (χ1) is 9.47. The molecule has 0 radical (unpaired) electrons. The van der Waals surface area contributed by atoms with Crippen LogP contribution >= 0.6 is 11.3 Å². The lowest BCUT2D eigenvalue weighted by atomic mass is 10.3. The summed E-state index contributed by atoms with van der Waals surface area (Å²) in [6.45, 7) is 6.61. The van der Waals surface area contributed by atoms with Gasteiger partial charge in [0.15, 0.2) is 5.13 Å². The molecule has 0 atom stereocenters. The molecule has 0 aliphatic rings. The quantitative estimate of drug-likeness (QED) is 0.714. The van der Waals surface area contributed by atoms with E-state index in [1.54, 1.807) is 5.38 Å². The largest absolute Gasteiger partial charge is 0.379 e. The van der Waals surface area contributed by atoms with Gasteiger partial charge in [0.05, 0.1) is 18.2 Å². The van der Waals surface area contributed by atoms with Crippen molar-refractivity contribution in [2.24, 2.45) is 0 Å². The Labute approximate surface area is 122 Å². The fourth-order valence-corrected chi connectivity index (χ4v) is 2.20. The molecule has 6 nitrogen and oxygen atoms in total. The molecular formula is C13H21N3O3S. The second kappa shape index (κ2) is 8.65. The molecule has 20 heavy (non-hydrogen) atoms. The number of carbonyl (C=O) groups excluding carboxylic acids is 2.